The minimum atomic E-state index is -0.755. The van der Waals surface area contributed by atoms with E-state index in [4.69, 9.17) is 11.0 Å². The van der Waals surface area contributed by atoms with Crippen LogP contribution in [0.4, 0.5) is 5.82 Å². The SMILES string of the molecule is N#Cc1cccnc1N[C@@H](C(N)=O)c1cccc(Br)c1. The Morgan fingerprint density at radius 3 is 2.85 bits per heavy atom. The molecule has 2 rings (SSSR count). The number of aromatic nitrogens is 1. The number of carbonyl (C=O) groups excluding carboxylic acids is 1. The van der Waals surface area contributed by atoms with Gasteiger partial charge in [0.1, 0.15) is 17.9 Å². The number of benzene rings is 1. The van der Waals surface area contributed by atoms with E-state index in [0.717, 1.165) is 4.47 Å². The van der Waals surface area contributed by atoms with Gasteiger partial charge < -0.3 is 11.1 Å². The van der Waals surface area contributed by atoms with E-state index in [1.807, 2.05) is 12.1 Å². The van der Waals surface area contributed by atoms with E-state index in [0.29, 0.717) is 16.9 Å². The Balaban J connectivity index is 2.36. The molecule has 0 bridgehead atoms. The Morgan fingerprint density at radius 1 is 1.40 bits per heavy atom. The highest BCUT2D eigenvalue weighted by Gasteiger charge is 2.19. The zero-order chi connectivity index (χ0) is 14.5. The van der Waals surface area contributed by atoms with Crippen LogP contribution in [0.2, 0.25) is 0 Å². The van der Waals surface area contributed by atoms with Crippen LogP contribution in [0.3, 0.4) is 0 Å². The molecule has 100 valence electrons. The second-order valence-corrected chi connectivity index (χ2v) is 4.96. The van der Waals surface area contributed by atoms with E-state index in [1.54, 1.807) is 36.5 Å². The summed E-state index contributed by atoms with van der Waals surface area (Å²) >= 11 is 3.35. The van der Waals surface area contributed by atoms with Gasteiger partial charge in [-0.3, -0.25) is 4.79 Å². The molecular formula is C14H11BrN4O. The van der Waals surface area contributed by atoms with Gasteiger partial charge in [-0.2, -0.15) is 5.26 Å². The standard InChI is InChI=1S/C14H11BrN4O/c15-11-5-1-3-9(7-11)12(13(17)20)19-14-10(8-16)4-2-6-18-14/h1-7,12H,(H2,17,20)(H,18,19)/t12-/m1/s1. The fourth-order valence-electron chi connectivity index (χ4n) is 1.75. The van der Waals surface area contributed by atoms with Crippen LogP contribution >= 0.6 is 15.9 Å². The Hall–Kier alpha value is -2.39. The van der Waals surface area contributed by atoms with E-state index in [-0.39, 0.29) is 0 Å². The molecule has 0 spiro atoms. The van der Waals surface area contributed by atoms with Gasteiger partial charge in [-0.05, 0) is 29.8 Å². The highest BCUT2D eigenvalue weighted by atomic mass is 79.9. The van der Waals surface area contributed by atoms with Crippen molar-refractivity contribution < 1.29 is 4.79 Å². The third kappa shape index (κ3) is 3.13. The summed E-state index contributed by atoms with van der Waals surface area (Å²) in [5.41, 5.74) is 6.48. The van der Waals surface area contributed by atoms with Crippen molar-refractivity contribution in [2.75, 3.05) is 5.32 Å². The lowest BCUT2D eigenvalue weighted by Gasteiger charge is -2.17. The van der Waals surface area contributed by atoms with Crippen molar-refractivity contribution in [3.8, 4) is 6.07 Å². The molecule has 0 unspecified atom stereocenters. The number of anilines is 1. The van der Waals surface area contributed by atoms with E-state index in [9.17, 15) is 4.79 Å². The molecule has 2 aromatic rings. The lowest BCUT2D eigenvalue weighted by Crippen LogP contribution is -2.28. The summed E-state index contributed by atoms with van der Waals surface area (Å²) in [5.74, 6) is -0.212. The molecule has 0 aliphatic rings. The maximum atomic E-state index is 11.6. The van der Waals surface area contributed by atoms with Gasteiger partial charge in [0.15, 0.2) is 0 Å². The minimum Gasteiger partial charge on any atom is -0.368 e. The Kier molecular flexibility index (Phi) is 4.33. The Labute approximate surface area is 124 Å². The van der Waals surface area contributed by atoms with Crippen LogP contribution in [-0.4, -0.2) is 10.9 Å². The average Bonchev–Trinajstić information content (AvgIpc) is 2.44. The number of hydrogen-bond acceptors (Lipinski definition) is 4. The molecular weight excluding hydrogens is 320 g/mol. The van der Waals surface area contributed by atoms with Gasteiger partial charge in [0.25, 0.3) is 0 Å². The average molecular weight is 331 g/mol. The van der Waals surface area contributed by atoms with Gasteiger partial charge in [0.05, 0.1) is 5.56 Å². The van der Waals surface area contributed by atoms with Crippen LogP contribution in [0.15, 0.2) is 47.1 Å². The topological polar surface area (TPSA) is 91.8 Å². The number of halogens is 1. The molecule has 0 aliphatic carbocycles. The molecule has 0 fully saturated rings. The number of pyridine rings is 1. The van der Waals surface area contributed by atoms with Crippen LogP contribution in [0.25, 0.3) is 0 Å². The van der Waals surface area contributed by atoms with Crippen LogP contribution in [0.1, 0.15) is 17.2 Å². The summed E-state index contributed by atoms with van der Waals surface area (Å²) in [6.07, 6.45) is 1.54. The summed E-state index contributed by atoms with van der Waals surface area (Å²) in [5, 5.41) is 11.9. The molecule has 0 aliphatic heterocycles. The predicted molar refractivity (Wildman–Crippen MR) is 78.7 cm³/mol. The molecule has 1 atom stereocenters. The monoisotopic (exact) mass is 330 g/mol. The molecule has 0 saturated carbocycles. The fraction of sp³-hybridized carbons (Fsp3) is 0.0714. The van der Waals surface area contributed by atoms with Gasteiger partial charge in [0.2, 0.25) is 5.91 Å². The lowest BCUT2D eigenvalue weighted by atomic mass is 10.1. The zero-order valence-electron chi connectivity index (χ0n) is 10.4. The summed E-state index contributed by atoms with van der Waals surface area (Å²) in [6.45, 7) is 0. The summed E-state index contributed by atoms with van der Waals surface area (Å²) < 4.78 is 0.838. The van der Waals surface area contributed by atoms with Gasteiger partial charge in [0, 0.05) is 10.7 Å². The molecule has 20 heavy (non-hydrogen) atoms. The number of rotatable bonds is 4. The van der Waals surface area contributed by atoms with Crippen LogP contribution < -0.4 is 11.1 Å². The largest absolute Gasteiger partial charge is 0.368 e. The third-order valence-electron chi connectivity index (χ3n) is 2.68. The lowest BCUT2D eigenvalue weighted by molar-refractivity contribution is -0.118. The number of carbonyl (C=O) groups is 1. The van der Waals surface area contributed by atoms with Crippen molar-refractivity contribution in [2.45, 2.75) is 6.04 Å². The van der Waals surface area contributed by atoms with Crippen LogP contribution in [-0.2, 0) is 4.79 Å². The number of primary amides is 1. The minimum absolute atomic E-state index is 0.332. The second-order valence-electron chi connectivity index (χ2n) is 4.05. The van der Waals surface area contributed by atoms with Crippen molar-refractivity contribution in [1.29, 1.82) is 5.26 Å². The number of nitrogens with two attached hydrogens (primary N) is 1. The molecule has 6 heteroatoms. The van der Waals surface area contributed by atoms with Gasteiger partial charge in [-0.1, -0.05) is 28.1 Å². The number of hydrogen-bond donors (Lipinski definition) is 2. The maximum absolute atomic E-state index is 11.6. The fourth-order valence-corrected chi connectivity index (χ4v) is 2.17. The number of nitriles is 1. The number of amides is 1. The van der Waals surface area contributed by atoms with Crippen molar-refractivity contribution in [1.82, 2.24) is 4.98 Å². The van der Waals surface area contributed by atoms with E-state index < -0.39 is 11.9 Å². The first-order valence-corrected chi connectivity index (χ1v) is 6.57. The number of nitrogens with one attached hydrogen (secondary N) is 1. The predicted octanol–water partition coefficient (Wildman–Crippen LogP) is 2.35. The Bertz CT molecular complexity index is 681. The molecule has 1 aromatic carbocycles. The van der Waals surface area contributed by atoms with Crippen molar-refractivity contribution in [3.05, 3.63) is 58.2 Å². The summed E-state index contributed by atoms with van der Waals surface area (Å²) in [4.78, 5) is 15.7. The molecule has 1 heterocycles. The summed E-state index contributed by atoms with van der Waals surface area (Å²) in [7, 11) is 0. The van der Waals surface area contributed by atoms with Crippen LogP contribution in [0, 0.1) is 11.3 Å². The first kappa shape index (κ1) is 14.0. The van der Waals surface area contributed by atoms with Gasteiger partial charge in [-0.25, -0.2) is 4.98 Å². The summed E-state index contributed by atoms with van der Waals surface area (Å²) in [6, 6.07) is 11.8. The first-order valence-electron chi connectivity index (χ1n) is 5.78. The quantitative estimate of drug-likeness (QED) is 0.900. The van der Waals surface area contributed by atoms with E-state index in [2.05, 4.69) is 26.2 Å². The van der Waals surface area contributed by atoms with Crippen molar-refractivity contribution >= 4 is 27.7 Å². The highest BCUT2D eigenvalue weighted by molar-refractivity contribution is 9.10. The van der Waals surface area contributed by atoms with Gasteiger partial charge >= 0.3 is 0 Å². The smallest absolute Gasteiger partial charge is 0.244 e. The molecule has 1 aromatic heterocycles. The number of nitrogens with zero attached hydrogens (tertiary/aromatic N) is 2. The zero-order valence-corrected chi connectivity index (χ0v) is 12.0. The molecule has 3 N–H and O–H groups in total. The molecule has 5 nitrogen and oxygen atoms in total. The second kappa shape index (κ2) is 6.17. The molecule has 0 radical (unpaired) electrons. The van der Waals surface area contributed by atoms with E-state index in [1.165, 1.54) is 0 Å². The third-order valence-corrected chi connectivity index (χ3v) is 3.17. The highest BCUT2D eigenvalue weighted by Crippen LogP contribution is 2.22. The van der Waals surface area contributed by atoms with Crippen molar-refractivity contribution in [2.24, 2.45) is 5.73 Å². The molecule has 1 amide bonds. The van der Waals surface area contributed by atoms with Gasteiger partial charge in [-0.15, -0.1) is 0 Å². The van der Waals surface area contributed by atoms with E-state index >= 15 is 0 Å². The maximum Gasteiger partial charge on any atom is 0.244 e. The molecule has 0 saturated heterocycles. The first-order chi connectivity index (χ1) is 9.61. The van der Waals surface area contributed by atoms with Crippen LogP contribution in [0.5, 0.6) is 0 Å². The normalized spacial score (nSPS) is 11.4. The van der Waals surface area contributed by atoms with Crippen molar-refractivity contribution in [3.63, 3.8) is 0 Å². The Morgan fingerprint density at radius 2 is 2.20 bits per heavy atom.